The van der Waals surface area contributed by atoms with Gasteiger partial charge < -0.3 is 5.32 Å². The van der Waals surface area contributed by atoms with Gasteiger partial charge in [-0.25, -0.2) is 0 Å². The topological polar surface area (TPSA) is 12.0 Å². The van der Waals surface area contributed by atoms with E-state index in [9.17, 15) is 0 Å². The van der Waals surface area contributed by atoms with Crippen LogP contribution in [0.25, 0.3) is 0 Å². The van der Waals surface area contributed by atoms with E-state index in [0.29, 0.717) is 0 Å². The van der Waals surface area contributed by atoms with E-state index in [0.717, 1.165) is 17.9 Å². The second kappa shape index (κ2) is 3.39. The van der Waals surface area contributed by atoms with Gasteiger partial charge in [0.1, 0.15) is 0 Å². The number of hydrogen-bond acceptors (Lipinski definition) is 1. The fourth-order valence-corrected chi connectivity index (χ4v) is 3.22. The molecule has 1 saturated heterocycles. The third-order valence-electron chi connectivity index (χ3n) is 3.91. The Balaban J connectivity index is 1.86. The van der Waals surface area contributed by atoms with Crippen molar-refractivity contribution in [3.8, 4) is 0 Å². The molecule has 1 aromatic rings. The lowest BCUT2D eigenvalue weighted by molar-refractivity contribution is 0.479. The highest BCUT2D eigenvalue weighted by molar-refractivity contribution is 5.23. The van der Waals surface area contributed by atoms with Crippen molar-refractivity contribution in [2.24, 2.45) is 5.92 Å². The van der Waals surface area contributed by atoms with Gasteiger partial charge in [-0.1, -0.05) is 36.8 Å². The number of nitrogens with one attached hydrogen (secondary N) is 1. The second-order valence-corrected chi connectivity index (χ2v) is 4.63. The van der Waals surface area contributed by atoms with E-state index in [1.54, 1.807) is 0 Å². The molecule has 3 atom stereocenters. The van der Waals surface area contributed by atoms with Crippen molar-refractivity contribution in [1.82, 2.24) is 5.32 Å². The van der Waals surface area contributed by atoms with Crippen LogP contribution in [0.2, 0.25) is 0 Å². The molecule has 2 fully saturated rings. The number of rotatable bonds is 1. The van der Waals surface area contributed by atoms with Crippen molar-refractivity contribution in [3.05, 3.63) is 35.9 Å². The first kappa shape index (κ1) is 8.49. The van der Waals surface area contributed by atoms with Crippen LogP contribution in [0.5, 0.6) is 0 Å². The Labute approximate surface area is 85.5 Å². The molecule has 0 aromatic heterocycles. The molecule has 1 aliphatic carbocycles. The highest BCUT2D eigenvalue weighted by atomic mass is 15.0. The van der Waals surface area contributed by atoms with Gasteiger partial charge in [0.25, 0.3) is 0 Å². The molecule has 74 valence electrons. The van der Waals surface area contributed by atoms with Gasteiger partial charge in [0.15, 0.2) is 0 Å². The largest absolute Gasteiger partial charge is 0.313 e. The molecule has 0 bridgehead atoms. The Morgan fingerprint density at radius 1 is 1.07 bits per heavy atom. The third-order valence-corrected chi connectivity index (χ3v) is 3.91. The first-order valence-electron chi connectivity index (χ1n) is 5.73. The molecule has 1 aliphatic heterocycles. The van der Waals surface area contributed by atoms with Crippen LogP contribution in [0.1, 0.15) is 30.7 Å². The average Bonchev–Trinajstić information content (AvgIpc) is 2.79. The molecule has 1 aromatic carbocycles. The maximum Gasteiger partial charge on any atom is 0.0102 e. The molecule has 1 N–H and O–H groups in total. The van der Waals surface area contributed by atoms with Crippen molar-refractivity contribution < 1.29 is 0 Å². The summed E-state index contributed by atoms with van der Waals surface area (Å²) in [6, 6.07) is 11.8. The van der Waals surface area contributed by atoms with Gasteiger partial charge >= 0.3 is 0 Å². The molecule has 1 heterocycles. The summed E-state index contributed by atoms with van der Waals surface area (Å²) in [6.07, 6.45) is 4.25. The maximum atomic E-state index is 3.67. The predicted octanol–water partition coefficient (Wildman–Crippen LogP) is 2.54. The zero-order valence-electron chi connectivity index (χ0n) is 8.45. The van der Waals surface area contributed by atoms with Crippen LogP contribution in [-0.4, -0.2) is 12.6 Å². The smallest absolute Gasteiger partial charge is 0.0102 e. The van der Waals surface area contributed by atoms with Crippen molar-refractivity contribution in [2.75, 3.05) is 6.54 Å². The fraction of sp³-hybridized carbons (Fsp3) is 0.538. The molecule has 0 spiro atoms. The Hall–Kier alpha value is -0.820. The lowest BCUT2D eigenvalue weighted by Gasteiger charge is -2.17. The molecule has 3 unspecified atom stereocenters. The molecule has 1 nitrogen and oxygen atoms in total. The molecular formula is C13H17N. The normalized spacial score (nSPS) is 35.9. The van der Waals surface area contributed by atoms with Crippen LogP contribution in [-0.2, 0) is 0 Å². The molecule has 2 aliphatic rings. The highest BCUT2D eigenvalue weighted by Crippen LogP contribution is 2.41. The number of benzene rings is 1. The summed E-state index contributed by atoms with van der Waals surface area (Å²) in [4.78, 5) is 0. The Morgan fingerprint density at radius 3 is 2.79 bits per heavy atom. The zero-order valence-corrected chi connectivity index (χ0v) is 8.45. The van der Waals surface area contributed by atoms with Crippen LogP contribution in [0, 0.1) is 5.92 Å². The molecule has 3 rings (SSSR count). The van der Waals surface area contributed by atoms with E-state index in [4.69, 9.17) is 0 Å². The van der Waals surface area contributed by atoms with E-state index < -0.39 is 0 Å². The summed E-state index contributed by atoms with van der Waals surface area (Å²) in [6.45, 7) is 1.19. The van der Waals surface area contributed by atoms with Gasteiger partial charge in [-0.3, -0.25) is 0 Å². The van der Waals surface area contributed by atoms with Gasteiger partial charge in [0, 0.05) is 18.5 Å². The molecule has 1 heteroatoms. The predicted molar refractivity (Wildman–Crippen MR) is 58.3 cm³/mol. The second-order valence-electron chi connectivity index (χ2n) is 4.63. The monoisotopic (exact) mass is 187 g/mol. The zero-order chi connectivity index (χ0) is 9.38. The molecule has 0 amide bonds. The summed E-state index contributed by atoms with van der Waals surface area (Å²) in [7, 11) is 0. The van der Waals surface area contributed by atoms with Crippen molar-refractivity contribution in [1.29, 1.82) is 0 Å². The van der Waals surface area contributed by atoms with Crippen LogP contribution in [0.4, 0.5) is 0 Å². The summed E-state index contributed by atoms with van der Waals surface area (Å²) in [5.41, 5.74) is 1.54. The standard InChI is InChI=1S/C13H17N/c1-2-5-10(6-3-1)12-9-14-13-8-4-7-11(12)13/h1-3,5-6,11-14H,4,7-9H2. The first-order chi connectivity index (χ1) is 6.95. The van der Waals surface area contributed by atoms with Gasteiger partial charge in [0.05, 0.1) is 0 Å². The lowest BCUT2D eigenvalue weighted by Crippen LogP contribution is -2.21. The van der Waals surface area contributed by atoms with Gasteiger partial charge in [-0.15, -0.1) is 0 Å². The quantitative estimate of drug-likeness (QED) is 0.712. The van der Waals surface area contributed by atoms with E-state index in [-0.39, 0.29) is 0 Å². The van der Waals surface area contributed by atoms with E-state index >= 15 is 0 Å². The van der Waals surface area contributed by atoms with Crippen LogP contribution < -0.4 is 5.32 Å². The lowest BCUT2D eigenvalue weighted by atomic mass is 9.87. The molecular weight excluding hydrogens is 170 g/mol. The van der Waals surface area contributed by atoms with Crippen LogP contribution >= 0.6 is 0 Å². The van der Waals surface area contributed by atoms with Crippen LogP contribution in [0.3, 0.4) is 0 Å². The van der Waals surface area contributed by atoms with E-state index in [2.05, 4.69) is 35.6 Å². The van der Waals surface area contributed by atoms with Crippen molar-refractivity contribution >= 4 is 0 Å². The fourth-order valence-electron chi connectivity index (χ4n) is 3.22. The third kappa shape index (κ3) is 1.27. The number of fused-ring (bicyclic) bond motifs is 1. The summed E-state index contributed by atoms with van der Waals surface area (Å²) in [5.74, 6) is 1.70. The minimum Gasteiger partial charge on any atom is -0.313 e. The summed E-state index contributed by atoms with van der Waals surface area (Å²) >= 11 is 0. The first-order valence-corrected chi connectivity index (χ1v) is 5.73. The summed E-state index contributed by atoms with van der Waals surface area (Å²) in [5, 5.41) is 3.67. The Kier molecular flexibility index (Phi) is 2.06. The minimum absolute atomic E-state index is 0.781. The van der Waals surface area contributed by atoms with Crippen LogP contribution in [0.15, 0.2) is 30.3 Å². The van der Waals surface area contributed by atoms with E-state index in [1.807, 2.05) is 0 Å². The molecule has 14 heavy (non-hydrogen) atoms. The van der Waals surface area contributed by atoms with Crippen molar-refractivity contribution in [2.45, 2.75) is 31.2 Å². The van der Waals surface area contributed by atoms with Crippen molar-refractivity contribution in [3.63, 3.8) is 0 Å². The SMILES string of the molecule is c1ccc(C2CNC3CCCC32)cc1. The average molecular weight is 187 g/mol. The molecule has 1 saturated carbocycles. The number of hydrogen-bond donors (Lipinski definition) is 1. The Morgan fingerprint density at radius 2 is 1.93 bits per heavy atom. The summed E-state index contributed by atoms with van der Waals surface area (Å²) < 4.78 is 0. The Bertz CT molecular complexity index is 306. The highest BCUT2D eigenvalue weighted by Gasteiger charge is 2.39. The maximum absolute atomic E-state index is 3.67. The van der Waals surface area contributed by atoms with E-state index in [1.165, 1.54) is 31.4 Å². The minimum atomic E-state index is 0.781. The van der Waals surface area contributed by atoms with Gasteiger partial charge in [0.2, 0.25) is 0 Å². The van der Waals surface area contributed by atoms with Gasteiger partial charge in [-0.2, -0.15) is 0 Å². The van der Waals surface area contributed by atoms with Gasteiger partial charge in [-0.05, 0) is 24.3 Å². The molecule has 0 radical (unpaired) electrons.